The van der Waals surface area contributed by atoms with Crippen LogP contribution in [0.3, 0.4) is 0 Å². The van der Waals surface area contributed by atoms with Gasteiger partial charge in [-0.15, -0.1) is 0 Å². The SMILES string of the molecule is CCOc1cc(C(=O)Nc2cc(NC(=O)C(C)C)ccc2C)ccc1OC. The van der Waals surface area contributed by atoms with Crippen LogP contribution in [0.2, 0.25) is 0 Å². The van der Waals surface area contributed by atoms with E-state index >= 15 is 0 Å². The lowest BCUT2D eigenvalue weighted by molar-refractivity contribution is -0.118. The molecule has 2 aromatic carbocycles. The predicted molar refractivity (Wildman–Crippen MR) is 107 cm³/mol. The number of anilines is 2. The summed E-state index contributed by atoms with van der Waals surface area (Å²) >= 11 is 0. The van der Waals surface area contributed by atoms with Gasteiger partial charge in [-0.3, -0.25) is 9.59 Å². The highest BCUT2D eigenvalue weighted by atomic mass is 16.5. The fourth-order valence-corrected chi connectivity index (χ4v) is 2.40. The Hall–Kier alpha value is -3.02. The fourth-order valence-electron chi connectivity index (χ4n) is 2.40. The van der Waals surface area contributed by atoms with Crippen molar-refractivity contribution in [2.75, 3.05) is 24.4 Å². The molecule has 2 amide bonds. The molecule has 0 heterocycles. The molecule has 0 aliphatic rings. The van der Waals surface area contributed by atoms with Crippen molar-refractivity contribution in [2.45, 2.75) is 27.7 Å². The maximum Gasteiger partial charge on any atom is 0.255 e. The normalized spacial score (nSPS) is 10.4. The summed E-state index contributed by atoms with van der Waals surface area (Å²) in [4.78, 5) is 24.6. The van der Waals surface area contributed by atoms with Crippen molar-refractivity contribution in [1.82, 2.24) is 0 Å². The van der Waals surface area contributed by atoms with Crippen LogP contribution in [0.25, 0.3) is 0 Å². The van der Waals surface area contributed by atoms with Crippen LogP contribution in [0.5, 0.6) is 11.5 Å². The topological polar surface area (TPSA) is 76.7 Å². The van der Waals surface area contributed by atoms with Crippen LogP contribution in [-0.2, 0) is 4.79 Å². The van der Waals surface area contributed by atoms with Gasteiger partial charge in [0.1, 0.15) is 0 Å². The number of amides is 2. The van der Waals surface area contributed by atoms with Crippen molar-refractivity contribution in [3.8, 4) is 11.5 Å². The lowest BCUT2D eigenvalue weighted by atomic mass is 10.1. The molecule has 2 rings (SSSR count). The Bertz CT molecular complexity index is 831. The standard InChI is InChI=1S/C21H26N2O4/c1-6-27-19-11-15(8-10-18(19)26-5)21(25)23-17-12-16(9-7-14(17)4)22-20(24)13(2)3/h7-13H,6H2,1-5H3,(H,22,24)(H,23,25). The second kappa shape index (κ2) is 9.07. The molecule has 0 aliphatic carbocycles. The van der Waals surface area contributed by atoms with Crippen LogP contribution in [0, 0.1) is 12.8 Å². The Morgan fingerprint density at radius 1 is 1.04 bits per heavy atom. The minimum absolute atomic E-state index is 0.0763. The van der Waals surface area contributed by atoms with Crippen molar-refractivity contribution < 1.29 is 19.1 Å². The van der Waals surface area contributed by atoms with Gasteiger partial charge in [-0.25, -0.2) is 0 Å². The number of carbonyl (C=O) groups excluding carboxylic acids is 2. The maximum absolute atomic E-state index is 12.7. The van der Waals surface area contributed by atoms with Crippen molar-refractivity contribution in [3.05, 3.63) is 47.5 Å². The van der Waals surface area contributed by atoms with Crippen molar-refractivity contribution >= 4 is 23.2 Å². The number of ether oxygens (including phenoxy) is 2. The number of carbonyl (C=O) groups is 2. The summed E-state index contributed by atoms with van der Waals surface area (Å²) in [6.07, 6.45) is 0. The van der Waals surface area contributed by atoms with Gasteiger partial charge < -0.3 is 20.1 Å². The third kappa shape index (κ3) is 5.23. The first-order chi connectivity index (χ1) is 12.8. The van der Waals surface area contributed by atoms with Gasteiger partial charge in [-0.2, -0.15) is 0 Å². The highest BCUT2D eigenvalue weighted by molar-refractivity contribution is 6.05. The Morgan fingerprint density at radius 3 is 2.41 bits per heavy atom. The Kier molecular flexibility index (Phi) is 6.82. The maximum atomic E-state index is 12.7. The molecule has 0 saturated carbocycles. The van der Waals surface area contributed by atoms with Gasteiger partial charge in [0.25, 0.3) is 5.91 Å². The zero-order valence-electron chi connectivity index (χ0n) is 16.4. The molecule has 27 heavy (non-hydrogen) atoms. The highest BCUT2D eigenvalue weighted by Gasteiger charge is 2.13. The molecule has 0 bridgehead atoms. The number of hydrogen-bond acceptors (Lipinski definition) is 4. The first kappa shape index (κ1) is 20.3. The summed E-state index contributed by atoms with van der Waals surface area (Å²) in [5.41, 5.74) is 2.62. The molecule has 0 radical (unpaired) electrons. The summed E-state index contributed by atoms with van der Waals surface area (Å²) in [5.74, 6) is 0.618. The summed E-state index contributed by atoms with van der Waals surface area (Å²) in [5, 5.41) is 5.73. The summed E-state index contributed by atoms with van der Waals surface area (Å²) in [6.45, 7) is 7.88. The van der Waals surface area contributed by atoms with Gasteiger partial charge in [0, 0.05) is 22.9 Å². The number of hydrogen-bond donors (Lipinski definition) is 2. The number of nitrogens with one attached hydrogen (secondary N) is 2. The molecule has 6 nitrogen and oxygen atoms in total. The van der Waals surface area contributed by atoms with E-state index in [1.54, 1.807) is 31.4 Å². The number of methoxy groups -OCH3 is 1. The van der Waals surface area contributed by atoms with E-state index in [1.165, 1.54) is 0 Å². The fraction of sp³-hybridized carbons (Fsp3) is 0.333. The molecule has 0 atom stereocenters. The van der Waals surface area contributed by atoms with Crippen molar-refractivity contribution in [2.24, 2.45) is 5.92 Å². The lowest BCUT2D eigenvalue weighted by Crippen LogP contribution is -2.18. The Balaban J connectivity index is 2.22. The smallest absolute Gasteiger partial charge is 0.255 e. The second-order valence-electron chi connectivity index (χ2n) is 6.43. The second-order valence-corrected chi connectivity index (χ2v) is 6.43. The zero-order valence-corrected chi connectivity index (χ0v) is 16.4. The number of benzene rings is 2. The van der Waals surface area contributed by atoms with E-state index in [1.807, 2.05) is 39.8 Å². The van der Waals surface area contributed by atoms with Gasteiger partial charge in [0.15, 0.2) is 11.5 Å². The quantitative estimate of drug-likeness (QED) is 0.764. The monoisotopic (exact) mass is 370 g/mol. The van der Waals surface area contributed by atoms with E-state index in [-0.39, 0.29) is 17.7 Å². The Labute approximate surface area is 159 Å². The molecule has 144 valence electrons. The minimum Gasteiger partial charge on any atom is -0.493 e. The van der Waals surface area contributed by atoms with Gasteiger partial charge in [-0.1, -0.05) is 19.9 Å². The van der Waals surface area contributed by atoms with E-state index in [0.29, 0.717) is 35.0 Å². The summed E-state index contributed by atoms with van der Waals surface area (Å²) in [6, 6.07) is 10.4. The summed E-state index contributed by atoms with van der Waals surface area (Å²) < 4.78 is 10.8. The zero-order chi connectivity index (χ0) is 20.0. The number of aryl methyl sites for hydroxylation is 1. The lowest BCUT2D eigenvalue weighted by Gasteiger charge is -2.14. The van der Waals surface area contributed by atoms with E-state index in [0.717, 1.165) is 5.56 Å². The molecule has 0 aromatic heterocycles. The largest absolute Gasteiger partial charge is 0.493 e. The third-order valence-corrected chi connectivity index (χ3v) is 4.00. The van der Waals surface area contributed by atoms with E-state index in [2.05, 4.69) is 10.6 Å². The van der Waals surface area contributed by atoms with Gasteiger partial charge in [0.2, 0.25) is 5.91 Å². The predicted octanol–water partition coefficient (Wildman–Crippen LogP) is 4.25. The van der Waals surface area contributed by atoms with Crippen molar-refractivity contribution in [3.63, 3.8) is 0 Å². The molecule has 0 spiro atoms. The molecule has 6 heteroatoms. The van der Waals surface area contributed by atoms with Crippen LogP contribution < -0.4 is 20.1 Å². The Morgan fingerprint density at radius 2 is 1.78 bits per heavy atom. The molecular formula is C21H26N2O4. The van der Waals surface area contributed by atoms with E-state index in [4.69, 9.17) is 9.47 Å². The number of rotatable bonds is 7. The minimum atomic E-state index is -0.269. The van der Waals surface area contributed by atoms with E-state index in [9.17, 15) is 9.59 Å². The molecule has 2 N–H and O–H groups in total. The molecule has 0 saturated heterocycles. The van der Waals surface area contributed by atoms with Crippen LogP contribution in [0.4, 0.5) is 11.4 Å². The molecular weight excluding hydrogens is 344 g/mol. The van der Waals surface area contributed by atoms with Crippen LogP contribution >= 0.6 is 0 Å². The van der Waals surface area contributed by atoms with Crippen molar-refractivity contribution in [1.29, 1.82) is 0 Å². The summed E-state index contributed by atoms with van der Waals surface area (Å²) in [7, 11) is 1.55. The van der Waals surface area contributed by atoms with Crippen LogP contribution in [0.15, 0.2) is 36.4 Å². The van der Waals surface area contributed by atoms with Gasteiger partial charge in [-0.05, 0) is 49.7 Å². The molecule has 2 aromatic rings. The van der Waals surface area contributed by atoms with Gasteiger partial charge in [0.05, 0.1) is 13.7 Å². The average Bonchev–Trinajstić information content (AvgIpc) is 2.64. The highest BCUT2D eigenvalue weighted by Crippen LogP contribution is 2.29. The van der Waals surface area contributed by atoms with Crippen LogP contribution in [0.1, 0.15) is 36.7 Å². The van der Waals surface area contributed by atoms with Gasteiger partial charge >= 0.3 is 0 Å². The molecule has 0 aliphatic heterocycles. The molecule has 0 fully saturated rings. The average molecular weight is 370 g/mol. The van der Waals surface area contributed by atoms with Crippen LogP contribution in [-0.4, -0.2) is 25.5 Å². The first-order valence-electron chi connectivity index (χ1n) is 8.89. The van der Waals surface area contributed by atoms with E-state index < -0.39 is 0 Å². The molecule has 0 unspecified atom stereocenters. The third-order valence-electron chi connectivity index (χ3n) is 4.00. The first-order valence-corrected chi connectivity index (χ1v) is 8.89.